The number of nitrogens with zero attached hydrogens (tertiary/aromatic N) is 2. The Morgan fingerprint density at radius 1 is 0.444 bits per heavy atom. The lowest BCUT2D eigenvalue weighted by Gasteiger charge is -2.31. The van der Waals surface area contributed by atoms with Gasteiger partial charge in [-0.1, -0.05) is 153 Å². The zero-order valence-corrected chi connectivity index (χ0v) is 33.1. The minimum atomic E-state index is -1.44. The van der Waals surface area contributed by atoms with Gasteiger partial charge in [-0.05, 0) is 101 Å². The van der Waals surface area contributed by atoms with Gasteiger partial charge in [0, 0.05) is 38.9 Å². The summed E-state index contributed by atoms with van der Waals surface area (Å²) in [5.74, 6) is 0. The Kier molecular flexibility index (Phi) is 8.10. The first-order valence-corrected chi connectivity index (χ1v) is 22.6. The molecule has 9 rings (SSSR count). The first-order valence-electron chi connectivity index (χ1n) is 19.1. The molecule has 0 radical (unpaired) electrons. The van der Waals surface area contributed by atoms with Crippen molar-refractivity contribution in [2.24, 2.45) is 0 Å². The number of hydrogen-bond donors (Lipinski definition) is 0. The normalized spacial score (nSPS) is 13.1. The maximum atomic E-state index is 2.49. The SMILES string of the molecule is Cc1ccc(N(c2cccc3ccccc23)c2cc3c(c4ccccc24)-c2ccc(N(c4ccccc4)c4ccc([Si](C)(C)C)cc4)cc2C3(C)C)cc1. The largest absolute Gasteiger partial charge is 0.310 e. The molecule has 0 amide bonds. The Hall–Kier alpha value is -5.90. The average Bonchev–Trinajstić information content (AvgIpc) is 3.41. The molecule has 0 N–H and O–H groups in total. The summed E-state index contributed by atoms with van der Waals surface area (Å²) >= 11 is 0. The fraction of sp³-hybridized carbons (Fsp3) is 0.137. The number of hydrogen-bond acceptors (Lipinski definition) is 2. The van der Waals surface area contributed by atoms with Gasteiger partial charge in [0.1, 0.15) is 0 Å². The Balaban J connectivity index is 1.25. The van der Waals surface area contributed by atoms with Crippen molar-refractivity contribution in [3.05, 3.63) is 187 Å². The van der Waals surface area contributed by atoms with Crippen molar-refractivity contribution in [2.75, 3.05) is 9.80 Å². The molecule has 3 heteroatoms. The zero-order chi connectivity index (χ0) is 37.2. The predicted octanol–water partition coefficient (Wildman–Crippen LogP) is 14.1. The zero-order valence-electron chi connectivity index (χ0n) is 32.1. The number of para-hydroxylation sites is 1. The molecule has 0 atom stereocenters. The molecular weight excluding hydrogens is 669 g/mol. The summed E-state index contributed by atoms with van der Waals surface area (Å²) in [5, 5.41) is 6.46. The van der Waals surface area contributed by atoms with Crippen LogP contribution in [0.25, 0.3) is 32.7 Å². The highest BCUT2D eigenvalue weighted by Crippen LogP contribution is 2.56. The highest BCUT2D eigenvalue weighted by atomic mass is 28.3. The van der Waals surface area contributed by atoms with E-state index in [4.69, 9.17) is 0 Å². The number of anilines is 6. The van der Waals surface area contributed by atoms with Gasteiger partial charge in [-0.3, -0.25) is 0 Å². The van der Waals surface area contributed by atoms with Crippen molar-refractivity contribution in [2.45, 2.75) is 45.8 Å². The van der Waals surface area contributed by atoms with E-state index in [1.807, 2.05) is 0 Å². The van der Waals surface area contributed by atoms with E-state index < -0.39 is 8.07 Å². The van der Waals surface area contributed by atoms with Crippen LogP contribution in [0, 0.1) is 6.92 Å². The van der Waals surface area contributed by atoms with Crippen LogP contribution in [0.2, 0.25) is 19.6 Å². The van der Waals surface area contributed by atoms with Crippen molar-refractivity contribution in [1.82, 2.24) is 0 Å². The molecule has 0 unspecified atom stereocenters. The van der Waals surface area contributed by atoms with E-state index in [-0.39, 0.29) is 5.41 Å². The molecule has 0 fully saturated rings. The third-order valence-corrected chi connectivity index (χ3v) is 13.5. The van der Waals surface area contributed by atoms with Gasteiger partial charge in [-0.2, -0.15) is 0 Å². The first-order chi connectivity index (χ1) is 26.1. The van der Waals surface area contributed by atoms with Gasteiger partial charge < -0.3 is 9.80 Å². The molecule has 54 heavy (non-hydrogen) atoms. The molecule has 8 aromatic rings. The summed E-state index contributed by atoms with van der Waals surface area (Å²) in [6.45, 7) is 14.2. The molecule has 264 valence electrons. The van der Waals surface area contributed by atoms with Crippen LogP contribution in [-0.4, -0.2) is 8.07 Å². The van der Waals surface area contributed by atoms with Gasteiger partial charge in [0.15, 0.2) is 0 Å². The Morgan fingerprint density at radius 3 is 1.74 bits per heavy atom. The third kappa shape index (κ3) is 5.63. The molecule has 0 bridgehead atoms. The summed E-state index contributed by atoms with van der Waals surface area (Å²) in [5.41, 5.74) is 13.4. The molecule has 2 nitrogen and oxygen atoms in total. The van der Waals surface area contributed by atoms with Crippen LogP contribution in [0.15, 0.2) is 170 Å². The topological polar surface area (TPSA) is 6.48 Å². The highest BCUT2D eigenvalue weighted by molar-refractivity contribution is 6.88. The van der Waals surface area contributed by atoms with E-state index in [9.17, 15) is 0 Å². The van der Waals surface area contributed by atoms with Crippen LogP contribution in [-0.2, 0) is 5.41 Å². The fourth-order valence-electron chi connectivity index (χ4n) is 8.52. The highest BCUT2D eigenvalue weighted by Gasteiger charge is 2.38. The molecule has 0 aliphatic heterocycles. The van der Waals surface area contributed by atoms with Crippen LogP contribution in [0.4, 0.5) is 34.1 Å². The molecule has 1 aliphatic carbocycles. The van der Waals surface area contributed by atoms with Gasteiger partial charge in [0.2, 0.25) is 0 Å². The summed E-state index contributed by atoms with van der Waals surface area (Å²) in [6.07, 6.45) is 0. The summed E-state index contributed by atoms with van der Waals surface area (Å²) in [4.78, 5) is 4.90. The van der Waals surface area contributed by atoms with E-state index in [0.717, 1.165) is 11.4 Å². The molecule has 8 aromatic carbocycles. The van der Waals surface area contributed by atoms with Crippen LogP contribution in [0.5, 0.6) is 0 Å². The average molecular weight is 715 g/mol. The van der Waals surface area contributed by atoms with Gasteiger partial charge in [0.25, 0.3) is 0 Å². The van der Waals surface area contributed by atoms with E-state index in [1.165, 1.54) is 77.3 Å². The quantitative estimate of drug-likeness (QED) is 0.152. The van der Waals surface area contributed by atoms with Crippen LogP contribution < -0.4 is 15.0 Å². The summed E-state index contributed by atoms with van der Waals surface area (Å²) in [6, 6.07) is 63.1. The van der Waals surface area contributed by atoms with Crippen LogP contribution in [0.3, 0.4) is 0 Å². The Bertz CT molecular complexity index is 2660. The van der Waals surface area contributed by atoms with E-state index >= 15 is 0 Å². The fourth-order valence-corrected chi connectivity index (χ4v) is 9.68. The maximum absolute atomic E-state index is 2.49. The lowest BCUT2D eigenvalue weighted by atomic mass is 9.81. The summed E-state index contributed by atoms with van der Waals surface area (Å²) < 4.78 is 0. The minimum Gasteiger partial charge on any atom is -0.310 e. The maximum Gasteiger partial charge on any atom is 0.0775 e. The lowest BCUT2D eigenvalue weighted by molar-refractivity contribution is 0.661. The molecular formula is C51H46N2Si. The van der Waals surface area contributed by atoms with E-state index in [0.29, 0.717) is 0 Å². The smallest absolute Gasteiger partial charge is 0.0775 e. The van der Waals surface area contributed by atoms with Crippen LogP contribution >= 0.6 is 0 Å². The first kappa shape index (κ1) is 33.9. The van der Waals surface area contributed by atoms with Crippen molar-refractivity contribution < 1.29 is 0 Å². The Morgan fingerprint density at radius 2 is 1.02 bits per heavy atom. The van der Waals surface area contributed by atoms with Gasteiger partial charge in [-0.15, -0.1) is 0 Å². The second-order valence-corrected chi connectivity index (χ2v) is 21.4. The number of aryl methyl sites for hydroxylation is 1. The minimum absolute atomic E-state index is 0.249. The molecule has 0 spiro atoms. The number of fused-ring (bicyclic) bond motifs is 6. The predicted molar refractivity (Wildman–Crippen MR) is 236 cm³/mol. The van der Waals surface area contributed by atoms with E-state index in [1.54, 1.807) is 0 Å². The van der Waals surface area contributed by atoms with Crippen LogP contribution in [0.1, 0.15) is 30.5 Å². The summed E-state index contributed by atoms with van der Waals surface area (Å²) in [7, 11) is -1.44. The molecule has 0 saturated carbocycles. The van der Waals surface area contributed by atoms with E-state index in [2.05, 4.69) is 220 Å². The van der Waals surface area contributed by atoms with Crippen molar-refractivity contribution in [3.8, 4) is 11.1 Å². The van der Waals surface area contributed by atoms with Crippen molar-refractivity contribution in [3.63, 3.8) is 0 Å². The van der Waals surface area contributed by atoms with Gasteiger partial charge in [0.05, 0.1) is 19.4 Å². The Labute approximate surface area is 321 Å². The van der Waals surface area contributed by atoms with Crippen molar-refractivity contribution in [1.29, 1.82) is 0 Å². The molecule has 0 saturated heterocycles. The molecule has 0 heterocycles. The second-order valence-electron chi connectivity index (χ2n) is 16.4. The molecule has 0 aromatic heterocycles. The second kappa shape index (κ2) is 12.9. The monoisotopic (exact) mass is 714 g/mol. The standard InChI is InChI=1S/C51H46N2Si/c1-35-23-25-39(26-24-35)53(48-22-14-16-36-15-10-11-19-42(36)48)49-34-47-50(44-21-13-12-20-43(44)49)45-32-29-40(33-46(45)51(47,2)3)52(37-17-8-7-9-18-37)38-27-30-41(31-28-38)54(4,5)6/h7-34H,1-6H3. The van der Waals surface area contributed by atoms with Gasteiger partial charge in [-0.25, -0.2) is 0 Å². The number of benzene rings is 8. The van der Waals surface area contributed by atoms with Crippen molar-refractivity contribution >= 4 is 68.9 Å². The number of rotatable bonds is 7. The molecule has 1 aliphatic rings. The lowest BCUT2D eigenvalue weighted by Crippen LogP contribution is -2.37. The van der Waals surface area contributed by atoms with Gasteiger partial charge >= 0.3 is 0 Å². The third-order valence-electron chi connectivity index (χ3n) is 11.4.